The zero-order valence-electron chi connectivity index (χ0n) is 14.9. The Kier molecular flexibility index (Phi) is 5.27. The molecule has 1 aliphatic heterocycles. The molecule has 0 saturated heterocycles. The highest BCUT2D eigenvalue weighted by Crippen LogP contribution is 2.29. The molecule has 140 valence electrons. The fourth-order valence-electron chi connectivity index (χ4n) is 2.98. The number of nitrogens with zero attached hydrogens (tertiary/aromatic N) is 2. The Hall–Kier alpha value is -2.74. The van der Waals surface area contributed by atoms with Crippen LogP contribution in [0.3, 0.4) is 0 Å². The van der Waals surface area contributed by atoms with Crippen molar-refractivity contribution in [2.24, 2.45) is 0 Å². The third kappa shape index (κ3) is 4.16. The SMILES string of the molecule is CN(CC(=O)Nc1ccc(Br)cn1)C(=O)C1(C)Cc2ccccc2C(=O)O1. The second-order valence-electron chi connectivity index (χ2n) is 6.53. The van der Waals surface area contributed by atoms with E-state index in [2.05, 4.69) is 26.2 Å². The van der Waals surface area contributed by atoms with Crippen molar-refractivity contribution in [3.63, 3.8) is 0 Å². The van der Waals surface area contributed by atoms with Gasteiger partial charge in [-0.05, 0) is 46.6 Å². The summed E-state index contributed by atoms with van der Waals surface area (Å²) in [6.45, 7) is 1.37. The van der Waals surface area contributed by atoms with Crippen LogP contribution in [0.2, 0.25) is 0 Å². The normalized spacial score (nSPS) is 18.3. The molecule has 1 aliphatic rings. The van der Waals surface area contributed by atoms with Crippen LogP contribution >= 0.6 is 15.9 Å². The average molecular weight is 432 g/mol. The predicted octanol–water partition coefficient (Wildman–Crippen LogP) is 2.41. The fraction of sp³-hybridized carbons (Fsp3) is 0.263. The second-order valence-corrected chi connectivity index (χ2v) is 7.44. The summed E-state index contributed by atoms with van der Waals surface area (Å²) in [5.41, 5.74) is -0.137. The first-order valence-electron chi connectivity index (χ1n) is 8.27. The van der Waals surface area contributed by atoms with Gasteiger partial charge in [-0.2, -0.15) is 0 Å². The molecule has 0 aliphatic carbocycles. The largest absolute Gasteiger partial charge is 0.445 e. The summed E-state index contributed by atoms with van der Waals surface area (Å²) < 4.78 is 6.21. The molecular weight excluding hydrogens is 414 g/mol. The first kappa shape index (κ1) is 19.0. The topological polar surface area (TPSA) is 88.6 Å². The molecule has 27 heavy (non-hydrogen) atoms. The molecule has 7 nitrogen and oxygen atoms in total. The number of benzene rings is 1. The lowest BCUT2D eigenvalue weighted by Gasteiger charge is -2.35. The summed E-state index contributed by atoms with van der Waals surface area (Å²) >= 11 is 3.27. The van der Waals surface area contributed by atoms with Crippen molar-refractivity contribution in [2.45, 2.75) is 18.9 Å². The summed E-state index contributed by atoms with van der Waals surface area (Å²) in [6, 6.07) is 10.4. The van der Waals surface area contributed by atoms with E-state index < -0.39 is 23.4 Å². The molecule has 0 spiro atoms. The number of anilines is 1. The number of rotatable bonds is 4. The number of likely N-dealkylation sites (N-methyl/N-ethyl adjacent to an activating group) is 1. The Morgan fingerprint density at radius 3 is 2.74 bits per heavy atom. The number of nitrogens with one attached hydrogen (secondary N) is 1. The van der Waals surface area contributed by atoms with Crippen molar-refractivity contribution in [1.82, 2.24) is 9.88 Å². The average Bonchev–Trinajstić information content (AvgIpc) is 2.62. The van der Waals surface area contributed by atoms with Crippen LogP contribution in [0.1, 0.15) is 22.8 Å². The first-order chi connectivity index (χ1) is 12.8. The van der Waals surface area contributed by atoms with Gasteiger partial charge in [-0.25, -0.2) is 9.78 Å². The van der Waals surface area contributed by atoms with Crippen LogP contribution < -0.4 is 5.32 Å². The Morgan fingerprint density at radius 2 is 2.04 bits per heavy atom. The summed E-state index contributed by atoms with van der Waals surface area (Å²) in [4.78, 5) is 42.6. The molecule has 3 rings (SSSR count). The van der Waals surface area contributed by atoms with Crippen LogP contribution in [-0.2, 0) is 20.7 Å². The van der Waals surface area contributed by atoms with E-state index in [0.717, 1.165) is 10.0 Å². The third-order valence-corrected chi connectivity index (χ3v) is 4.73. The molecule has 0 bridgehead atoms. The molecule has 1 N–H and O–H groups in total. The molecule has 2 amide bonds. The van der Waals surface area contributed by atoms with Crippen molar-refractivity contribution in [2.75, 3.05) is 18.9 Å². The number of esters is 1. The van der Waals surface area contributed by atoms with Gasteiger partial charge in [-0.15, -0.1) is 0 Å². The second kappa shape index (κ2) is 7.48. The predicted molar refractivity (Wildman–Crippen MR) is 102 cm³/mol. The molecular formula is C19H18BrN3O4. The Labute approximate surface area is 164 Å². The highest BCUT2D eigenvalue weighted by Gasteiger charge is 2.44. The number of cyclic esters (lactones) is 1. The monoisotopic (exact) mass is 431 g/mol. The molecule has 8 heteroatoms. The Bertz CT molecular complexity index is 900. The van der Waals surface area contributed by atoms with E-state index in [0.29, 0.717) is 11.4 Å². The van der Waals surface area contributed by atoms with Crippen LogP contribution in [0.5, 0.6) is 0 Å². The lowest BCUT2D eigenvalue weighted by atomic mass is 9.89. The number of halogens is 1. The molecule has 0 saturated carbocycles. The number of hydrogen-bond acceptors (Lipinski definition) is 5. The number of fused-ring (bicyclic) bond motifs is 1. The van der Waals surface area contributed by atoms with Crippen molar-refractivity contribution >= 4 is 39.5 Å². The van der Waals surface area contributed by atoms with Crippen LogP contribution in [0.15, 0.2) is 47.1 Å². The summed E-state index contributed by atoms with van der Waals surface area (Å²) in [5, 5.41) is 2.62. The number of carbonyl (C=O) groups is 3. The highest BCUT2D eigenvalue weighted by atomic mass is 79.9. The Morgan fingerprint density at radius 1 is 1.30 bits per heavy atom. The van der Waals surface area contributed by atoms with Crippen molar-refractivity contribution < 1.29 is 19.1 Å². The number of carbonyl (C=O) groups excluding carboxylic acids is 3. The number of amides is 2. The number of hydrogen-bond donors (Lipinski definition) is 1. The van der Waals surface area contributed by atoms with E-state index in [-0.39, 0.29) is 13.0 Å². The minimum atomic E-state index is -1.35. The van der Waals surface area contributed by atoms with Gasteiger partial charge in [0, 0.05) is 24.1 Å². The van der Waals surface area contributed by atoms with Crippen molar-refractivity contribution in [3.05, 3.63) is 58.2 Å². The minimum Gasteiger partial charge on any atom is -0.445 e. The van der Waals surface area contributed by atoms with Gasteiger partial charge in [0.05, 0.1) is 12.1 Å². The maximum atomic E-state index is 12.9. The summed E-state index contributed by atoms with van der Waals surface area (Å²) in [6.07, 6.45) is 1.82. The van der Waals surface area contributed by atoms with Crippen LogP contribution in [0.25, 0.3) is 0 Å². The molecule has 1 unspecified atom stereocenters. The standard InChI is InChI=1S/C19H18BrN3O4/c1-19(9-12-5-3-4-6-14(12)17(25)27-19)18(26)23(2)11-16(24)22-15-8-7-13(20)10-21-15/h3-8,10H,9,11H2,1-2H3,(H,21,22,24). The van der Waals surface area contributed by atoms with E-state index in [4.69, 9.17) is 4.74 Å². The first-order valence-corrected chi connectivity index (χ1v) is 9.06. The zero-order chi connectivity index (χ0) is 19.6. The molecule has 1 aromatic heterocycles. The minimum absolute atomic E-state index is 0.189. The van der Waals surface area contributed by atoms with Gasteiger partial charge in [0.15, 0.2) is 5.60 Å². The lowest BCUT2D eigenvalue weighted by molar-refractivity contribution is -0.151. The van der Waals surface area contributed by atoms with Gasteiger partial charge < -0.3 is 15.0 Å². The summed E-state index contributed by atoms with van der Waals surface area (Å²) in [5.74, 6) is -0.992. The van der Waals surface area contributed by atoms with E-state index in [1.807, 2.05) is 6.07 Å². The zero-order valence-corrected chi connectivity index (χ0v) is 16.4. The highest BCUT2D eigenvalue weighted by molar-refractivity contribution is 9.10. The fourth-order valence-corrected chi connectivity index (χ4v) is 3.21. The quantitative estimate of drug-likeness (QED) is 0.750. The molecule has 0 fully saturated rings. The van der Waals surface area contributed by atoms with E-state index in [9.17, 15) is 14.4 Å². The smallest absolute Gasteiger partial charge is 0.339 e. The number of aromatic nitrogens is 1. The van der Waals surface area contributed by atoms with E-state index >= 15 is 0 Å². The van der Waals surface area contributed by atoms with Crippen molar-refractivity contribution in [1.29, 1.82) is 0 Å². The van der Waals surface area contributed by atoms with Gasteiger partial charge in [-0.3, -0.25) is 9.59 Å². The molecule has 1 atom stereocenters. The van der Waals surface area contributed by atoms with Gasteiger partial charge >= 0.3 is 5.97 Å². The van der Waals surface area contributed by atoms with Gasteiger partial charge in [0.2, 0.25) is 5.91 Å². The van der Waals surface area contributed by atoms with Crippen LogP contribution in [0, 0.1) is 0 Å². The van der Waals surface area contributed by atoms with Gasteiger partial charge in [0.1, 0.15) is 5.82 Å². The molecule has 2 heterocycles. The van der Waals surface area contributed by atoms with Crippen LogP contribution in [-0.4, -0.2) is 46.9 Å². The number of ether oxygens (including phenoxy) is 1. The molecule has 1 aromatic carbocycles. The molecule has 2 aromatic rings. The van der Waals surface area contributed by atoms with E-state index in [1.54, 1.807) is 43.5 Å². The van der Waals surface area contributed by atoms with Gasteiger partial charge in [0.25, 0.3) is 5.91 Å². The maximum absolute atomic E-state index is 12.9. The van der Waals surface area contributed by atoms with Gasteiger partial charge in [-0.1, -0.05) is 18.2 Å². The van der Waals surface area contributed by atoms with Crippen molar-refractivity contribution in [3.8, 4) is 0 Å². The number of pyridine rings is 1. The van der Waals surface area contributed by atoms with Crippen LogP contribution in [0.4, 0.5) is 5.82 Å². The van der Waals surface area contributed by atoms with E-state index in [1.165, 1.54) is 11.9 Å². The summed E-state index contributed by atoms with van der Waals surface area (Å²) in [7, 11) is 1.50. The Balaban J connectivity index is 1.67. The lowest BCUT2D eigenvalue weighted by Crippen LogP contribution is -2.53. The maximum Gasteiger partial charge on any atom is 0.339 e. The molecule has 0 radical (unpaired) electrons. The third-order valence-electron chi connectivity index (χ3n) is 4.26.